The Morgan fingerprint density at radius 1 is 1.20 bits per heavy atom. The predicted octanol–water partition coefficient (Wildman–Crippen LogP) is 3.87. The molecule has 0 fully saturated rings. The van der Waals surface area contributed by atoms with Crippen LogP contribution in [0, 0.1) is 6.92 Å². The summed E-state index contributed by atoms with van der Waals surface area (Å²) in [6.07, 6.45) is 0. The van der Waals surface area contributed by atoms with Gasteiger partial charge in [-0.2, -0.15) is 0 Å². The van der Waals surface area contributed by atoms with Gasteiger partial charge in [0.15, 0.2) is 0 Å². The maximum absolute atomic E-state index is 11.6. The molecule has 4 nitrogen and oxygen atoms in total. The first-order valence-electron chi connectivity index (χ1n) is 6.02. The Labute approximate surface area is 126 Å². The number of nitrogens with one attached hydrogen (secondary N) is 1. The lowest BCUT2D eigenvalue weighted by Gasteiger charge is -2.11. The van der Waals surface area contributed by atoms with Crippen LogP contribution in [0.1, 0.15) is 15.9 Å². The smallest absolute Gasteiger partial charge is 0.340 e. The molecule has 0 aliphatic heterocycles. The van der Waals surface area contributed by atoms with E-state index in [0.29, 0.717) is 11.3 Å². The number of esters is 1. The second-order valence-corrected chi connectivity index (χ2v) is 5.24. The van der Waals surface area contributed by atoms with Crippen molar-refractivity contribution in [3.63, 3.8) is 0 Å². The molecule has 20 heavy (non-hydrogen) atoms. The minimum Gasteiger partial charge on any atom is -0.465 e. The molecule has 0 unspecified atom stereocenters. The molecule has 2 aromatic rings. The first-order valence-corrected chi connectivity index (χ1v) is 6.81. The summed E-state index contributed by atoms with van der Waals surface area (Å²) < 4.78 is 5.76. The number of aryl methyl sites for hydroxylation is 1. The van der Waals surface area contributed by atoms with E-state index >= 15 is 0 Å². The second-order valence-electron chi connectivity index (χ2n) is 4.38. The average Bonchev–Trinajstić information content (AvgIpc) is 2.44. The Bertz CT molecular complexity index is 656. The number of halogens is 1. The van der Waals surface area contributed by atoms with E-state index in [1.807, 2.05) is 31.2 Å². The molecular weight excluding hydrogens is 320 g/mol. The van der Waals surface area contributed by atoms with Gasteiger partial charge in [0.1, 0.15) is 0 Å². The van der Waals surface area contributed by atoms with Crippen molar-refractivity contribution in [3.8, 4) is 0 Å². The largest absolute Gasteiger partial charge is 0.465 e. The van der Waals surface area contributed by atoms with Crippen LogP contribution in [-0.2, 0) is 4.74 Å². The Balaban J connectivity index is 2.29. The van der Waals surface area contributed by atoms with Crippen molar-refractivity contribution < 1.29 is 9.53 Å². The first kappa shape index (κ1) is 14.4. The van der Waals surface area contributed by atoms with Crippen LogP contribution in [0.4, 0.5) is 17.1 Å². The minimum atomic E-state index is -0.446. The van der Waals surface area contributed by atoms with Gasteiger partial charge in [-0.25, -0.2) is 4.79 Å². The molecule has 0 aromatic heterocycles. The number of carbonyl (C=O) groups is 1. The first-order chi connectivity index (χ1) is 9.51. The molecule has 0 radical (unpaired) electrons. The molecule has 0 spiro atoms. The minimum absolute atomic E-state index is 0.353. The Morgan fingerprint density at radius 2 is 1.85 bits per heavy atom. The maximum atomic E-state index is 11.6. The molecule has 0 aliphatic rings. The van der Waals surface area contributed by atoms with Crippen LogP contribution in [0.25, 0.3) is 0 Å². The van der Waals surface area contributed by atoms with Crippen LogP contribution in [-0.4, -0.2) is 13.1 Å². The number of anilines is 3. The SMILES string of the molecule is COC(=O)c1cc(Nc2ccc(Br)c(C)c2)ccc1N. The normalized spacial score (nSPS) is 10.2. The average molecular weight is 335 g/mol. The monoisotopic (exact) mass is 334 g/mol. The molecule has 0 aliphatic carbocycles. The number of rotatable bonds is 3. The zero-order chi connectivity index (χ0) is 14.7. The van der Waals surface area contributed by atoms with Gasteiger partial charge in [-0.3, -0.25) is 0 Å². The number of hydrogen-bond acceptors (Lipinski definition) is 4. The number of ether oxygens (including phenoxy) is 1. The molecular formula is C15H15BrN2O2. The van der Waals surface area contributed by atoms with Crippen molar-refractivity contribution >= 4 is 39.0 Å². The Kier molecular flexibility index (Phi) is 4.29. The molecule has 5 heteroatoms. The van der Waals surface area contributed by atoms with Crippen molar-refractivity contribution in [1.82, 2.24) is 0 Å². The van der Waals surface area contributed by atoms with E-state index in [0.717, 1.165) is 21.4 Å². The summed E-state index contributed by atoms with van der Waals surface area (Å²) in [4.78, 5) is 11.6. The van der Waals surface area contributed by atoms with Gasteiger partial charge in [-0.05, 0) is 48.9 Å². The molecule has 104 valence electrons. The highest BCUT2D eigenvalue weighted by atomic mass is 79.9. The number of nitrogen functional groups attached to an aromatic ring is 1. The zero-order valence-electron chi connectivity index (χ0n) is 11.2. The number of nitrogens with two attached hydrogens (primary N) is 1. The highest BCUT2D eigenvalue weighted by Gasteiger charge is 2.10. The van der Waals surface area contributed by atoms with Gasteiger partial charge in [0, 0.05) is 21.5 Å². The van der Waals surface area contributed by atoms with E-state index in [-0.39, 0.29) is 0 Å². The number of carbonyl (C=O) groups excluding carboxylic acids is 1. The predicted molar refractivity (Wildman–Crippen MR) is 84.4 cm³/mol. The fourth-order valence-corrected chi connectivity index (χ4v) is 2.06. The second kappa shape index (κ2) is 5.96. The van der Waals surface area contributed by atoms with Crippen molar-refractivity contribution in [3.05, 3.63) is 52.0 Å². The lowest BCUT2D eigenvalue weighted by molar-refractivity contribution is 0.0602. The number of hydrogen-bond donors (Lipinski definition) is 2. The van der Waals surface area contributed by atoms with Crippen LogP contribution in [0.3, 0.4) is 0 Å². The maximum Gasteiger partial charge on any atom is 0.340 e. The zero-order valence-corrected chi connectivity index (χ0v) is 12.8. The molecule has 2 aromatic carbocycles. The van der Waals surface area contributed by atoms with Crippen molar-refractivity contribution in [1.29, 1.82) is 0 Å². The molecule has 3 N–H and O–H groups in total. The summed E-state index contributed by atoms with van der Waals surface area (Å²) >= 11 is 3.46. The number of benzene rings is 2. The van der Waals surface area contributed by atoms with Gasteiger partial charge in [-0.1, -0.05) is 15.9 Å². The quantitative estimate of drug-likeness (QED) is 0.660. The van der Waals surface area contributed by atoms with E-state index in [4.69, 9.17) is 10.5 Å². The Hall–Kier alpha value is -2.01. The van der Waals surface area contributed by atoms with Crippen LogP contribution in [0.5, 0.6) is 0 Å². The summed E-state index contributed by atoms with van der Waals surface area (Å²) in [5.74, 6) is -0.446. The van der Waals surface area contributed by atoms with Crippen molar-refractivity contribution in [2.24, 2.45) is 0 Å². The Morgan fingerprint density at radius 3 is 2.50 bits per heavy atom. The number of methoxy groups -OCH3 is 1. The highest BCUT2D eigenvalue weighted by Crippen LogP contribution is 2.25. The van der Waals surface area contributed by atoms with E-state index in [1.54, 1.807) is 12.1 Å². The summed E-state index contributed by atoms with van der Waals surface area (Å²) in [5, 5.41) is 3.23. The van der Waals surface area contributed by atoms with Gasteiger partial charge in [0.25, 0.3) is 0 Å². The third kappa shape index (κ3) is 3.11. The van der Waals surface area contributed by atoms with Crippen molar-refractivity contribution in [2.45, 2.75) is 6.92 Å². The summed E-state index contributed by atoms with van der Waals surface area (Å²) in [6.45, 7) is 2.01. The summed E-state index contributed by atoms with van der Waals surface area (Å²) in [6, 6.07) is 11.1. The van der Waals surface area contributed by atoms with Gasteiger partial charge in [-0.15, -0.1) is 0 Å². The lowest BCUT2D eigenvalue weighted by atomic mass is 10.1. The van der Waals surface area contributed by atoms with Gasteiger partial charge >= 0.3 is 5.97 Å². The van der Waals surface area contributed by atoms with E-state index < -0.39 is 5.97 Å². The van der Waals surface area contributed by atoms with Gasteiger partial charge in [0.2, 0.25) is 0 Å². The van der Waals surface area contributed by atoms with E-state index in [2.05, 4.69) is 21.2 Å². The fourth-order valence-electron chi connectivity index (χ4n) is 1.81. The molecule has 0 atom stereocenters. The standard InChI is InChI=1S/C15H15BrN2O2/c1-9-7-10(3-5-13(9)16)18-11-4-6-14(17)12(8-11)15(19)20-2/h3-8,18H,17H2,1-2H3. The van der Waals surface area contributed by atoms with Crippen molar-refractivity contribution in [2.75, 3.05) is 18.2 Å². The van der Waals surface area contributed by atoms with Gasteiger partial charge < -0.3 is 15.8 Å². The van der Waals surface area contributed by atoms with Crippen LogP contribution in [0.15, 0.2) is 40.9 Å². The van der Waals surface area contributed by atoms with Gasteiger partial charge in [0.05, 0.1) is 12.7 Å². The fraction of sp³-hybridized carbons (Fsp3) is 0.133. The topological polar surface area (TPSA) is 64.3 Å². The third-order valence-corrected chi connectivity index (χ3v) is 3.79. The third-order valence-electron chi connectivity index (χ3n) is 2.91. The molecule has 0 saturated heterocycles. The van der Waals surface area contributed by atoms with Crippen LogP contribution in [0.2, 0.25) is 0 Å². The molecule has 0 saturated carbocycles. The molecule has 0 heterocycles. The van der Waals surface area contributed by atoms with E-state index in [9.17, 15) is 4.79 Å². The van der Waals surface area contributed by atoms with Crippen LogP contribution < -0.4 is 11.1 Å². The highest BCUT2D eigenvalue weighted by molar-refractivity contribution is 9.10. The van der Waals surface area contributed by atoms with E-state index in [1.165, 1.54) is 7.11 Å². The molecule has 0 amide bonds. The molecule has 0 bridgehead atoms. The lowest BCUT2D eigenvalue weighted by Crippen LogP contribution is -2.06. The summed E-state index contributed by atoms with van der Waals surface area (Å²) in [5.41, 5.74) is 9.36. The summed E-state index contributed by atoms with van der Waals surface area (Å²) in [7, 11) is 1.33. The molecule has 2 rings (SSSR count). The van der Waals surface area contributed by atoms with Crippen LogP contribution >= 0.6 is 15.9 Å².